The van der Waals surface area contributed by atoms with E-state index in [0.29, 0.717) is 17.2 Å². The van der Waals surface area contributed by atoms with Crippen LogP contribution < -0.4 is 4.72 Å². The number of hydrogen-bond acceptors (Lipinski definition) is 4. The lowest BCUT2D eigenvalue weighted by atomic mass is 10.0. The zero-order valence-corrected chi connectivity index (χ0v) is 16.4. The molecule has 2 aromatic carbocycles. The number of nitrogens with one attached hydrogen (secondary N) is 1. The van der Waals surface area contributed by atoms with Crippen LogP contribution in [0.2, 0.25) is 0 Å². The van der Waals surface area contributed by atoms with Crippen LogP contribution in [0.15, 0.2) is 48.7 Å². The average Bonchev–Trinajstić information content (AvgIpc) is 3.29. The lowest BCUT2D eigenvalue weighted by Gasteiger charge is -2.11. The van der Waals surface area contributed by atoms with Gasteiger partial charge in [-0.15, -0.1) is 0 Å². The normalized spacial score (nSPS) is 16.9. The van der Waals surface area contributed by atoms with Gasteiger partial charge in [0.25, 0.3) is 0 Å². The summed E-state index contributed by atoms with van der Waals surface area (Å²) in [5.74, 6) is 0.441. The van der Waals surface area contributed by atoms with Gasteiger partial charge in [-0.1, -0.05) is 18.2 Å². The lowest BCUT2D eigenvalue weighted by molar-refractivity contribution is 0.183. The van der Waals surface area contributed by atoms with Crippen molar-refractivity contribution >= 4 is 26.6 Å². The Labute approximate surface area is 164 Å². The van der Waals surface area contributed by atoms with Gasteiger partial charge in [-0.25, -0.2) is 8.42 Å². The van der Waals surface area contributed by atoms with Gasteiger partial charge >= 0.3 is 0 Å². The Kier molecular flexibility index (Phi) is 4.84. The fourth-order valence-electron chi connectivity index (χ4n) is 3.68. The number of ether oxygens (including phenoxy) is 1. The molecule has 1 aromatic heterocycles. The Bertz CT molecular complexity index is 1150. The molecule has 0 radical (unpaired) electrons. The van der Waals surface area contributed by atoms with Crippen molar-refractivity contribution in [3.05, 3.63) is 54.2 Å². The summed E-state index contributed by atoms with van der Waals surface area (Å²) in [5.41, 5.74) is 4.22. The molecule has 6 nitrogen and oxygen atoms in total. The van der Waals surface area contributed by atoms with Crippen molar-refractivity contribution in [3.63, 3.8) is 0 Å². The number of nitrogens with zero attached hydrogens (tertiary/aromatic N) is 2. The molecule has 3 aromatic rings. The molecule has 1 fully saturated rings. The standard InChI is InChI=1S/C21H21N3O3S/c1-28(25,26)23-18-6-7-19-20(17-4-2-15(11-22)3-5-17)13-24(21(19)10-18)12-16-8-9-27-14-16/h2-7,10,13,16,23H,8-9,12,14H2,1H3. The number of nitriles is 1. The number of fused-ring (bicyclic) bond motifs is 1. The zero-order valence-electron chi connectivity index (χ0n) is 15.6. The molecular formula is C21H21N3O3S. The van der Waals surface area contributed by atoms with E-state index in [-0.39, 0.29) is 0 Å². The molecule has 1 N–H and O–H groups in total. The zero-order chi connectivity index (χ0) is 19.7. The summed E-state index contributed by atoms with van der Waals surface area (Å²) in [4.78, 5) is 0. The van der Waals surface area contributed by atoms with Gasteiger partial charge in [-0.2, -0.15) is 5.26 Å². The van der Waals surface area contributed by atoms with Gasteiger partial charge in [0.05, 0.1) is 35.7 Å². The predicted octanol–water partition coefficient (Wildman–Crippen LogP) is 3.59. The third-order valence-electron chi connectivity index (χ3n) is 4.99. The van der Waals surface area contributed by atoms with Crippen LogP contribution in [0, 0.1) is 17.2 Å². The monoisotopic (exact) mass is 395 g/mol. The second-order valence-corrected chi connectivity index (χ2v) is 8.97. The Morgan fingerprint density at radius 3 is 2.68 bits per heavy atom. The average molecular weight is 395 g/mol. The molecule has 0 aliphatic carbocycles. The second-order valence-electron chi connectivity index (χ2n) is 7.22. The van der Waals surface area contributed by atoms with Crippen molar-refractivity contribution in [1.29, 1.82) is 5.26 Å². The third kappa shape index (κ3) is 3.88. The number of hydrogen-bond donors (Lipinski definition) is 1. The van der Waals surface area contributed by atoms with E-state index in [0.717, 1.165) is 54.5 Å². The SMILES string of the molecule is CS(=O)(=O)Nc1ccc2c(-c3ccc(C#N)cc3)cn(CC3CCOC3)c2c1. The van der Waals surface area contributed by atoms with Crippen molar-refractivity contribution in [3.8, 4) is 17.2 Å². The molecule has 1 unspecified atom stereocenters. The van der Waals surface area contributed by atoms with Crippen molar-refractivity contribution in [2.24, 2.45) is 5.92 Å². The summed E-state index contributed by atoms with van der Waals surface area (Å²) in [5, 5.41) is 10.1. The molecule has 0 saturated carbocycles. The van der Waals surface area contributed by atoms with E-state index in [4.69, 9.17) is 10.00 Å². The van der Waals surface area contributed by atoms with E-state index in [9.17, 15) is 8.42 Å². The minimum Gasteiger partial charge on any atom is -0.381 e. The minimum atomic E-state index is -3.34. The highest BCUT2D eigenvalue weighted by atomic mass is 32.2. The second kappa shape index (κ2) is 7.30. The highest BCUT2D eigenvalue weighted by molar-refractivity contribution is 7.92. The lowest BCUT2D eigenvalue weighted by Crippen LogP contribution is -2.11. The first-order chi connectivity index (χ1) is 13.4. The van der Waals surface area contributed by atoms with Gasteiger partial charge in [0.1, 0.15) is 0 Å². The predicted molar refractivity (Wildman–Crippen MR) is 109 cm³/mol. The molecule has 1 aliphatic heterocycles. The van der Waals surface area contributed by atoms with Crippen LogP contribution in [-0.4, -0.2) is 32.5 Å². The van der Waals surface area contributed by atoms with Gasteiger partial charge in [-0.05, 0) is 36.2 Å². The van der Waals surface area contributed by atoms with Crippen LogP contribution in [0.1, 0.15) is 12.0 Å². The van der Waals surface area contributed by atoms with Crippen LogP contribution in [0.4, 0.5) is 5.69 Å². The summed E-state index contributed by atoms with van der Waals surface area (Å²) < 4.78 is 33.5. The Hall–Kier alpha value is -2.82. The molecule has 144 valence electrons. The van der Waals surface area contributed by atoms with Crippen molar-refractivity contribution in [2.75, 3.05) is 24.2 Å². The summed E-state index contributed by atoms with van der Waals surface area (Å²) in [6, 6.07) is 15.2. The summed E-state index contributed by atoms with van der Waals surface area (Å²) >= 11 is 0. The largest absolute Gasteiger partial charge is 0.381 e. The van der Waals surface area contributed by atoms with E-state index in [2.05, 4.69) is 21.6 Å². The summed E-state index contributed by atoms with van der Waals surface area (Å²) in [6.07, 6.45) is 4.27. The number of sulfonamides is 1. The van der Waals surface area contributed by atoms with Gasteiger partial charge in [0, 0.05) is 36.2 Å². The van der Waals surface area contributed by atoms with Gasteiger partial charge in [0.15, 0.2) is 0 Å². The van der Waals surface area contributed by atoms with E-state index in [1.54, 1.807) is 6.07 Å². The first kappa shape index (κ1) is 18.5. The molecule has 0 spiro atoms. The smallest absolute Gasteiger partial charge is 0.229 e. The summed E-state index contributed by atoms with van der Waals surface area (Å²) in [7, 11) is -3.34. The van der Waals surface area contributed by atoms with Crippen molar-refractivity contribution < 1.29 is 13.2 Å². The number of benzene rings is 2. The number of rotatable bonds is 5. The molecule has 2 heterocycles. The minimum absolute atomic E-state index is 0.441. The number of anilines is 1. The maximum absolute atomic E-state index is 11.6. The van der Waals surface area contributed by atoms with Crippen LogP contribution in [-0.2, 0) is 21.3 Å². The molecule has 1 saturated heterocycles. The van der Waals surface area contributed by atoms with E-state index in [1.807, 2.05) is 36.4 Å². The quantitative estimate of drug-likeness (QED) is 0.716. The Morgan fingerprint density at radius 1 is 1.25 bits per heavy atom. The van der Waals surface area contributed by atoms with Crippen molar-refractivity contribution in [2.45, 2.75) is 13.0 Å². The maximum Gasteiger partial charge on any atom is 0.229 e. The first-order valence-corrected chi connectivity index (χ1v) is 11.0. The molecular weight excluding hydrogens is 374 g/mol. The van der Waals surface area contributed by atoms with Crippen LogP contribution >= 0.6 is 0 Å². The van der Waals surface area contributed by atoms with Gasteiger partial charge < -0.3 is 9.30 Å². The highest BCUT2D eigenvalue weighted by Gasteiger charge is 2.19. The van der Waals surface area contributed by atoms with Crippen LogP contribution in [0.25, 0.3) is 22.0 Å². The number of aromatic nitrogens is 1. The van der Waals surface area contributed by atoms with E-state index >= 15 is 0 Å². The van der Waals surface area contributed by atoms with E-state index in [1.165, 1.54) is 0 Å². The molecule has 0 amide bonds. The molecule has 7 heteroatoms. The van der Waals surface area contributed by atoms with Gasteiger partial charge in [0.2, 0.25) is 10.0 Å². The third-order valence-corrected chi connectivity index (χ3v) is 5.60. The fourth-order valence-corrected chi connectivity index (χ4v) is 4.24. The van der Waals surface area contributed by atoms with Crippen LogP contribution in [0.5, 0.6) is 0 Å². The molecule has 1 atom stereocenters. The first-order valence-electron chi connectivity index (χ1n) is 9.12. The summed E-state index contributed by atoms with van der Waals surface area (Å²) in [6.45, 7) is 2.34. The Morgan fingerprint density at radius 2 is 2.04 bits per heavy atom. The Balaban J connectivity index is 1.81. The van der Waals surface area contributed by atoms with Crippen LogP contribution in [0.3, 0.4) is 0 Å². The maximum atomic E-state index is 11.6. The molecule has 1 aliphatic rings. The topological polar surface area (TPSA) is 84.1 Å². The molecule has 28 heavy (non-hydrogen) atoms. The highest BCUT2D eigenvalue weighted by Crippen LogP contribution is 2.33. The molecule has 0 bridgehead atoms. The van der Waals surface area contributed by atoms with E-state index < -0.39 is 10.0 Å². The molecule has 4 rings (SSSR count). The fraction of sp³-hybridized carbons (Fsp3) is 0.286. The van der Waals surface area contributed by atoms with Crippen molar-refractivity contribution in [1.82, 2.24) is 4.57 Å². The van der Waals surface area contributed by atoms with Gasteiger partial charge in [-0.3, -0.25) is 4.72 Å².